The Hall–Kier alpha value is -2.55. The van der Waals surface area contributed by atoms with Crippen molar-refractivity contribution in [2.75, 3.05) is 51.6 Å². The number of aromatic hydroxyl groups is 1. The number of piperazine rings is 1. The Bertz CT molecular complexity index is 1100. The van der Waals surface area contributed by atoms with Gasteiger partial charge in [0.25, 0.3) is 0 Å². The quantitative estimate of drug-likeness (QED) is 0.422. The molecule has 33 heavy (non-hydrogen) atoms. The molecule has 0 radical (unpaired) electrons. The van der Waals surface area contributed by atoms with Crippen molar-refractivity contribution in [1.29, 1.82) is 0 Å². The molecule has 5 nitrogen and oxygen atoms in total. The topological polar surface area (TPSA) is 51.6 Å². The first-order chi connectivity index (χ1) is 15.9. The van der Waals surface area contributed by atoms with Gasteiger partial charge in [0.05, 0.1) is 5.69 Å². The van der Waals surface area contributed by atoms with Gasteiger partial charge in [0, 0.05) is 48.3 Å². The third-order valence-electron chi connectivity index (χ3n) is 5.88. The first-order valence-corrected chi connectivity index (χ1v) is 11.8. The monoisotopic (exact) mass is 516 g/mol. The number of pyridine rings is 1. The lowest BCUT2D eigenvalue weighted by Crippen LogP contribution is -2.44. The van der Waals surface area contributed by atoms with Gasteiger partial charge in [0.2, 0.25) is 0 Å². The summed E-state index contributed by atoms with van der Waals surface area (Å²) in [6.07, 6.45) is 0.932. The van der Waals surface area contributed by atoms with E-state index in [9.17, 15) is 13.9 Å². The fourth-order valence-corrected chi connectivity index (χ4v) is 4.31. The molecule has 1 fully saturated rings. The van der Waals surface area contributed by atoms with Crippen molar-refractivity contribution in [3.8, 4) is 28.1 Å². The van der Waals surface area contributed by atoms with E-state index in [0.29, 0.717) is 29.2 Å². The summed E-state index contributed by atoms with van der Waals surface area (Å²) in [4.78, 5) is 9.42. The molecule has 1 aliphatic heterocycles. The first-order valence-electron chi connectivity index (χ1n) is 11.0. The molecule has 1 aliphatic rings. The molecule has 0 spiro atoms. The number of nitrogens with one attached hydrogen (secondary N) is 1. The van der Waals surface area contributed by atoms with Crippen LogP contribution in [0.5, 0.6) is 5.75 Å². The van der Waals surface area contributed by atoms with Gasteiger partial charge in [-0.3, -0.25) is 0 Å². The normalized spacial score (nSPS) is 15.0. The van der Waals surface area contributed by atoms with Gasteiger partial charge in [-0.2, -0.15) is 0 Å². The SMILES string of the molecule is CN1CCN(CCCNc2cc(-c3cccc(F)c3F)cc(-c3cc(Br)ccc3O)n2)CC1. The van der Waals surface area contributed by atoms with E-state index >= 15 is 0 Å². The average molecular weight is 517 g/mol. The van der Waals surface area contributed by atoms with Crippen LogP contribution in [0, 0.1) is 11.6 Å². The molecule has 3 aromatic rings. The summed E-state index contributed by atoms with van der Waals surface area (Å²) in [7, 11) is 2.14. The van der Waals surface area contributed by atoms with Crippen molar-refractivity contribution in [2.45, 2.75) is 6.42 Å². The minimum atomic E-state index is -0.908. The lowest BCUT2D eigenvalue weighted by Gasteiger charge is -2.32. The number of rotatable bonds is 7. The highest BCUT2D eigenvalue weighted by Gasteiger charge is 2.16. The highest BCUT2D eigenvalue weighted by atomic mass is 79.9. The number of likely N-dealkylation sites (N-methyl/N-ethyl adjacent to an activating group) is 1. The van der Waals surface area contributed by atoms with Crippen LogP contribution in [0.4, 0.5) is 14.6 Å². The van der Waals surface area contributed by atoms with E-state index in [-0.39, 0.29) is 11.3 Å². The first kappa shape index (κ1) is 23.6. The second-order valence-corrected chi connectivity index (χ2v) is 9.23. The smallest absolute Gasteiger partial charge is 0.166 e. The van der Waals surface area contributed by atoms with Crippen molar-refractivity contribution < 1.29 is 13.9 Å². The molecule has 8 heteroatoms. The van der Waals surface area contributed by atoms with Crippen LogP contribution in [0.2, 0.25) is 0 Å². The number of aromatic nitrogens is 1. The molecule has 2 heterocycles. The lowest BCUT2D eigenvalue weighted by atomic mass is 10.0. The van der Waals surface area contributed by atoms with Gasteiger partial charge < -0.3 is 20.2 Å². The minimum Gasteiger partial charge on any atom is -0.507 e. The second-order valence-electron chi connectivity index (χ2n) is 8.31. The van der Waals surface area contributed by atoms with Gasteiger partial charge >= 0.3 is 0 Å². The van der Waals surface area contributed by atoms with Gasteiger partial charge in [-0.15, -0.1) is 0 Å². The van der Waals surface area contributed by atoms with E-state index in [1.54, 1.807) is 30.3 Å². The summed E-state index contributed by atoms with van der Waals surface area (Å²) in [5.41, 5.74) is 1.60. The fraction of sp³-hybridized carbons (Fsp3) is 0.320. The number of phenols is 1. The Labute approximate surface area is 201 Å². The van der Waals surface area contributed by atoms with E-state index in [4.69, 9.17) is 0 Å². The summed E-state index contributed by atoms with van der Waals surface area (Å²) in [5, 5.41) is 13.7. The molecule has 4 rings (SSSR count). The predicted octanol–water partition coefficient (Wildman–Crippen LogP) is 5.21. The van der Waals surface area contributed by atoms with E-state index in [1.165, 1.54) is 12.1 Å². The number of halogens is 3. The zero-order chi connectivity index (χ0) is 23.4. The number of hydrogen-bond acceptors (Lipinski definition) is 5. The summed E-state index contributed by atoms with van der Waals surface area (Å²) < 4.78 is 29.2. The van der Waals surface area contributed by atoms with Gasteiger partial charge in [-0.05, 0) is 62.0 Å². The van der Waals surface area contributed by atoms with E-state index in [1.807, 2.05) is 0 Å². The average Bonchev–Trinajstić information content (AvgIpc) is 2.81. The van der Waals surface area contributed by atoms with Gasteiger partial charge in [0.1, 0.15) is 11.6 Å². The molecular weight excluding hydrogens is 490 g/mol. The summed E-state index contributed by atoms with van der Waals surface area (Å²) in [6.45, 7) is 5.97. The number of nitrogens with zero attached hydrogens (tertiary/aromatic N) is 3. The second kappa shape index (κ2) is 10.6. The summed E-state index contributed by atoms with van der Waals surface area (Å²) >= 11 is 3.42. The molecule has 0 bridgehead atoms. The molecule has 2 N–H and O–H groups in total. The largest absolute Gasteiger partial charge is 0.507 e. The van der Waals surface area contributed by atoms with Crippen LogP contribution in [0.3, 0.4) is 0 Å². The third-order valence-corrected chi connectivity index (χ3v) is 6.37. The summed E-state index contributed by atoms with van der Waals surface area (Å²) in [6, 6.07) is 12.5. The van der Waals surface area contributed by atoms with Gasteiger partial charge in [-0.1, -0.05) is 28.1 Å². The van der Waals surface area contributed by atoms with Gasteiger partial charge in [-0.25, -0.2) is 13.8 Å². The maximum Gasteiger partial charge on any atom is 0.166 e. The number of hydrogen-bond donors (Lipinski definition) is 2. The van der Waals surface area contributed by atoms with Crippen LogP contribution in [0.15, 0.2) is 53.0 Å². The van der Waals surface area contributed by atoms with Crippen LogP contribution >= 0.6 is 15.9 Å². The minimum absolute atomic E-state index is 0.0589. The third kappa shape index (κ3) is 5.88. The van der Waals surface area contributed by atoms with Crippen LogP contribution in [-0.2, 0) is 0 Å². The molecule has 174 valence electrons. The molecule has 0 unspecified atom stereocenters. The standard InChI is InChI=1S/C25H27BrF2N4O/c1-31-10-12-32(13-11-31)9-3-8-29-24-15-17(19-4-2-5-21(27)25(19)28)14-22(30-24)20-16-18(26)6-7-23(20)33/h2,4-7,14-16,33H,3,8-13H2,1H3,(H,29,30). The highest BCUT2D eigenvalue weighted by Crippen LogP contribution is 2.35. The molecule has 1 aromatic heterocycles. The lowest BCUT2D eigenvalue weighted by molar-refractivity contribution is 0.154. The molecular formula is C25H27BrF2N4O. The molecule has 0 saturated carbocycles. The van der Waals surface area contributed by atoms with Crippen LogP contribution in [0.25, 0.3) is 22.4 Å². The van der Waals surface area contributed by atoms with E-state index in [2.05, 4.69) is 43.1 Å². The predicted molar refractivity (Wildman–Crippen MR) is 131 cm³/mol. The number of phenolic OH excluding ortho intramolecular Hbond substituents is 1. The maximum absolute atomic E-state index is 14.6. The molecule has 2 aromatic carbocycles. The molecule has 0 atom stereocenters. The molecule has 0 amide bonds. The van der Waals surface area contributed by atoms with Crippen molar-refractivity contribution in [2.24, 2.45) is 0 Å². The van der Waals surface area contributed by atoms with Crippen LogP contribution < -0.4 is 5.32 Å². The van der Waals surface area contributed by atoms with Crippen molar-refractivity contribution in [3.63, 3.8) is 0 Å². The van der Waals surface area contributed by atoms with Gasteiger partial charge in [0.15, 0.2) is 11.6 Å². The number of anilines is 1. The number of benzene rings is 2. The molecule has 0 aliphatic carbocycles. The van der Waals surface area contributed by atoms with Crippen LogP contribution in [-0.4, -0.2) is 66.2 Å². The van der Waals surface area contributed by atoms with Crippen molar-refractivity contribution in [1.82, 2.24) is 14.8 Å². The Morgan fingerprint density at radius 2 is 1.82 bits per heavy atom. The van der Waals surface area contributed by atoms with Crippen molar-refractivity contribution >= 4 is 21.7 Å². The zero-order valence-corrected chi connectivity index (χ0v) is 20.1. The van der Waals surface area contributed by atoms with Crippen molar-refractivity contribution in [3.05, 3.63) is 64.6 Å². The maximum atomic E-state index is 14.6. The Morgan fingerprint density at radius 1 is 1.03 bits per heavy atom. The Kier molecular flexibility index (Phi) is 7.57. The van der Waals surface area contributed by atoms with E-state index in [0.717, 1.165) is 49.7 Å². The Morgan fingerprint density at radius 3 is 2.61 bits per heavy atom. The van der Waals surface area contributed by atoms with Crippen LogP contribution in [0.1, 0.15) is 6.42 Å². The highest BCUT2D eigenvalue weighted by molar-refractivity contribution is 9.10. The zero-order valence-electron chi connectivity index (χ0n) is 18.5. The molecule has 1 saturated heterocycles. The Balaban J connectivity index is 1.58. The summed E-state index contributed by atoms with van der Waals surface area (Å²) in [5.74, 6) is -1.21. The fourth-order valence-electron chi connectivity index (χ4n) is 3.95. The van der Waals surface area contributed by atoms with E-state index < -0.39 is 11.6 Å².